The largest absolute Gasteiger partial charge is 0.496 e. The van der Waals surface area contributed by atoms with E-state index in [4.69, 9.17) is 18.6 Å². The van der Waals surface area contributed by atoms with E-state index in [-0.39, 0.29) is 12.2 Å². The third kappa shape index (κ3) is 5.09. The average molecular weight is 486 g/mol. The van der Waals surface area contributed by atoms with Gasteiger partial charge in [-0.3, -0.25) is 9.69 Å². The summed E-state index contributed by atoms with van der Waals surface area (Å²) in [7, 11) is 1.73. The normalized spacial score (nSPS) is 12.4. The van der Waals surface area contributed by atoms with Crippen LogP contribution in [-0.2, 0) is 13.0 Å². The van der Waals surface area contributed by atoms with E-state index in [1.165, 1.54) is 11.1 Å². The molecule has 36 heavy (non-hydrogen) atoms. The van der Waals surface area contributed by atoms with Gasteiger partial charge < -0.3 is 18.6 Å². The Balaban J connectivity index is 1.19. The topological polar surface area (TPSA) is 61.1 Å². The van der Waals surface area contributed by atoms with Crippen LogP contribution in [0.15, 0.2) is 75.9 Å². The van der Waals surface area contributed by atoms with E-state index in [0.29, 0.717) is 28.2 Å². The number of aryl methyl sites for hydroxylation is 1. The number of methoxy groups -OCH3 is 1. The van der Waals surface area contributed by atoms with Crippen LogP contribution in [0.4, 0.5) is 0 Å². The van der Waals surface area contributed by atoms with Crippen molar-refractivity contribution in [3.63, 3.8) is 0 Å². The first-order valence-electron chi connectivity index (χ1n) is 12.5. The maximum Gasteiger partial charge on any atom is 0.231 e. The van der Waals surface area contributed by atoms with E-state index in [1.807, 2.05) is 24.3 Å². The standard InChI is InChI=1S/C30H31NO5/c1-3-31(19-23-9-4-5-10-26(23)33-2)17-7-6-8-21-11-13-22(14-12-21)28-18-25(32)24-15-16-27-30(29(24)36-28)35-20-34-27/h4-5,9-16,18H,3,6-8,17,19-20H2,1-2H3. The van der Waals surface area contributed by atoms with E-state index in [1.54, 1.807) is 25.3 Å². The Morgan fingerprint density at radius 3 is 2.61 bits per heavy atom. The minimum atomic E-state index is -0.0952. The lowest BCUT2D eigenvalue weighted by molar-refractivity contribution is 0.174. The number of hydrogen-bond acceptors (Lipinski definition) is 6. The molecule has 0 unspecified atom stereocenters. The fourth-order valence-corrected chi connectivity index (χ4v) is 4.64. The van der Waals surface area contributed by atoms with Crippen LogP contribution in [0.2, 0.25) is 0 Å². The number of fused-ring (bicyclic) bond motifs is 3. The van der Waals surface area contributed by atoms with Crippen molar-refractivity contribution >= 4 is 11.0 Å². The number of nitrogens with zero attached hydrogens (tertiary/aromatic N) is 1. The molecule has 0 saturated carbocycles. The van der Waals surface area contributed by atoms with Gasteiger partial charge in [0.05, 0.1) is 12.5 Å². The van der Waals surface area contributed by atoms with Gasteiger partial charge in [0.2, 0.25) is 12.5 Å². The van der Waals surface area contributed by atoms with Gasteiger partial charge in [0.25, 0.3) is 0 Å². The zero-order valence-electron chi connectivity index (χ0n) is 20.8. The van der Waals surface area contributed by atoms with Crippen LogP contribution < -0.4 is 19.6 Å². The van der Waals surface area contributed by atoms with Crippen molar-refractivity contribution < 1.29 is 18.6 Å². The monoisotopic (exact) mass is 485 g/mol. The molecule has 0 saturated heterocycles. The second-order valence-corrected chi connectivity index (χ2v) is 8.99. The maximum absolute atomic E-state index is 12.7. The van der Waals surface area contributed by atoms with Crippen LogP contribution in [0.25, 0.3) is 22.3 Å². The van der Waals surface area contributed by atoms with Gasteiger partial charge in [0.15, 0.2) is 16.8 Å². The summed E-state index contributed by atoms with van der Waals surface area (Å²) in [5.41, 5.74) is 3.70. The molecule has 3 aromatic carbocycles. The first-order chi connectivity index (χ1) is 17.7. The molecule has 0 amide bonds. The van der Waals surface area contributed by atoms with Gasteiger partial charge in [-0.15, -0.1) is 0 Å². The van der Waals surface area contributed by atoms with Gasteiger partial charge in [-0.05, 0) is 56.1 Å². The van der Waals surface area contributed by atoms with E-state index in [9.17, 15) is 4.79 Å². The van der Waals surface area contributed by atoms with Gasteiger partial charge in [0.1, 0.15) is 11.5 Å². The number of hydrogen-bond donors (Lipinski definition) is 0. The van der Waals surface area contributed by atoms with E-state index < -0.39 is 0 Å². The number of rotatable bonds is 10. The smallest absolute Gasteiger partial charge is 0.231 e. The van der Waals surface area contributed by atoms with Crippen molar-refractivity contribution in [1.82, 2.24) is 4.90 Å². The molecule has 186 valence electrons. The lowest BCUT2D eigenvalue weighted by atomic mass is 10.0. The second-order valence-electron chi connectivity index (χ2n) is 8.99. The van der Waals surface area contributed by atoms with Crippen molar-refractivity contribution in [2.75, 3.05) is 27.0 Å². The summed E-state index contributed by atoms with van der Waals surface area (Å²) >= 11 is 0. The Hall–Kier alpha value is -3.77. The summed E-state index contributed by atoms with van der Waals surface area (Å²) in [5.74, 6) is 2.57. The number of unbranched alkanes of at least 4 members (excludes halogenated alkanes) is 1. The molecule has 6 nitrogen and oxygen atoms in total. The van der Waals surface area contributed by atoms with Crippen molar-refractivity contribution in [1.29, 1.82) is 0 Å². The first-order valence-corrected chi connectivity index (χ1v) is 12.5. The van der Waals surface area contributed by atoms with Crippen LogP contribution in [0.3, 0.4) is 0 Å². The van der Waals surface area contributed by atoms with Gasteiger partial charge in [-0.1, -0.05) is 49.4 Å². The lowest BCUT2D eigenvalue weighted by Gasteiger charge is -2.21. The minimum absolute atomic E-state index is 0.0952. The summed E-state index contributed by atoms with van der Waals surface area (Å²) in [6.45, 7) is 5.28. The van der Waals surface area contributed by atoms with E-state index in [2.05, 4.69) is 36.1 Å². The van der Waals surface area contributed by atoms with Crippen molar-refractivity contribution in [3.8, 4) is 28.6 Å². The van der Waals surface area contributed by atoms with E-state index >= 15 is 0 Å². The number of para-hydroxylation sites is 1. The minimum Gasteiger partial charge on any atom is -0.496 e. The Labute approximate surface area is 211 Å². The molecule has 4 aromatic rings. The SMILES string of the molecule is CCN(CCCCc1ccc(-c2cc(=O)c3ccc4c(c3o2)OCO4)cc1)Cc1ccccc1OC. The highest BCUT2D eigenvalue weighted by Crippen LogP contribution is 2.39. The van der Waals surface area contributed by atoms with E-state index in [0.717, 1.165) is 50.2 Å². The highest BCUT2D eigenvalue weighted by molar-refractivity contribution is 5.87. The number of benzene rings is 3. The molecule has 2 heterocycles. The zero-order valence-corrected chi connectivity index (χ0v) is 20.8. The summed E-state index contributed by atoms with van der Waals surface area (Å²) < 4.78 is 22.6. The fourth-order valence-electron chi connectivity index (χ4n) is 4.64. The molecule has 0 bridgehead atoms. The quantitative estimate of drug-likeness (QED) is 0.255. The summed E-state index contributed by atoms with van der Waals surface area (Å²) in [4.78, 5) is 15.1. The van der Waals surface area contributed by atoms with Crippen LogP contribution in [-0.4, -0.2) is 31.9 Å². The van der Waals surface area contributed by atoms with Crippen LogP contribution in [0.1, 0.15) is 30.9 Å². The molecule has 1 aliphatic rings. The van der Waals surface area contributed by atoms with Gasteiger partial charge in [0, 0.05) is 23.7 Å². The number of ether oxygens (including phenoxy) is 3. The summed E-state index contributed by atoms with van der Waals surface area (Å²) in [6, 6.07) is 21.5. The summed E-state index contributed by atoms with van der Waals surface area (Å²) in [5, 5.41) is 0.492. The lowest BCUT2D eigenvalue weighted by Crippen LogP contribution is -2.24. The predicted octanol–water partition coefficient (Wildman–Crippen LogP) is 6.04. The highest BCUT2D eigenvalue weighted by Gasteiger charge is 2.21. The molecule has 0 fully saturated rings. The van der Waals surface area contributed by atoms with Gasteiger partial charge in [-0.25, -0.2) is 0 Å². The van der Waals surface area contributed by atoms with Crippen molar-refractivity contribution in [2.45, 2.75) is 32.7 Å². The molecule has 1 aliphatic heterocycles. The second kappa shape index (κ2) is 10.9. The molecule has 5 rings (SSSR count). The molecule has 0 N–H and O–H groups in total. The Morgan fingerprint density at radius 1 is 0.972 bits per heavy atom. The molecule has 1 aromatic heterocycles. The third-order valence-corrected chi connectivity index (χ3v) is 6.70. The van der Waals surface area contributed by atoms with Gasteiger partial charge in [-0.2, -0.15) is 0 Å². The van der Waals surface area contributed by atoms with Crippen molar-refractivity contribution in [2.24, 2.45) is 0 Å². The molecular weight excluding hydrogens is 454 g/mol. The van der Waals surface area contributed by atoms with Gasteiger partial charge >= 0.3 is 0 Å². The Bertz CT molecular complexity index is 1390. The summed E-state index contributed by atoms with van der Waals surface area (Å²) in [6.07, 6.45) is 3.24. The molecule has 6 heteroatoms. The molecule has 0 atom stereocenters. The molecular formula is C30H31NO5. The zero-order chi connectivity index (χ0) is 24.9. The Morgan fingerprint density at radius 2 is 1.81 bits per heavy atom. The average Bonchev–Trinajstić information content (AvgIpc) is 3.40. The van der Waals surface area contributed by atoms with Crippen LogP contribution >= 0.6 is 0 Å². The highest BCUT2D eigenvalue weighted by atomic mass is 16.7. The third-order valence-electron chi connectivity index (χ3n) is 6.70. The Kier molecular flexibility index (Phi) is 7.23. The fraction of sp³-hybridized carbons (Fsp3) is 0.300. The predicted molar refractivity (Wildman–Crippen MR) is 141 cm³/mol. The first kappa shape index (κ1) is 23.9. The molecule has 0 aliphatic carbocycles. The van der Waals surface area contributed by atoms with Crippen molar-refractivity contribution in [3.05, 3.63) is 88.1 Å². The molecule has 0 radical (unpaired) electrons. The molecule has 0 spiro atoms. The van der Waals surface area contributed by atoms with Crippen LogP contribution in [0.5, 0.6) is 17.2 Å². The maximum atomic E-state index is 12.7. The van der Waals surface area contributed by atoms with Crippen LogP contribution in [0, 0.1) is 0 Å².